The molecule has 1 atom stereocenters. The lowest BCUT2D eigenvalue weighted by Crippen LogP contribution is -2.38. The molecule has 0 fully saturated rings. The Kier molecular flexibility index (Phi) is 3.66. The van der Waals surface area contributed by atoms with Crippen LogP contribution in [0.4, 0.5) is 5.69 Å². The molecule has 0 aromatic heterocycles. The zero-order valence-corrected chi connectivity index (χ0v) is 11.5. The molecule has 19 heavy (non-hydrogen) atoms. The van der Waals surface area contributed by atoms with Crippen LogP contribution in [-0.2, 0) is 4.79 Å². The first-order valence-corrected chi connectivity index (χ1v) is 6.31. The van der Waals surface area contributed by atoms with E-state index >= 15 is 0 Å². The van der Waals surface area contributed by atoms with Crippen molar-refractivity contribution >= 4 is 11.6 Å². The number of amides is 1. The first-order valence-electron chi connectivity index (χ1n) is 6.31. The van der Waals surface area contributed by atoms with Crippen molar-refractivity contribution in [1.82, 2.24) is 0 Å². The van der Waals surface area contributed by atoms with Gasteiger partial charge in [-0.15, -0.1) is 0 Å². The van der Waals surface area contributed by atoms with Crippen LogP contribution in [0.3, 0.4) is 0 Å². The molecule has 1 aromatic rings. The fourth-order valence-corrected chi connectivity index (χ4v) is 1.69. The molecule has 104 valence electrons. The van der Waals surface area contributed by atoms with E-state index in [0.29, 0.717) is 17.2 Å². The van der Waals surface area contributed by atoms with Gasteiger partial charge in [-0.3, -0.25) is 4.79 Å². The summed E-state index contributed by atoms with van der Waals surface area (Å²) in [5.41, 5.74) is 6.59. The molecule has 1 heterocycles. The number of hydrogen-bond donors (Lipinski definition) is 2. The number of ether oxygens (including phenoxy) is 2. The third kappa shape index (κ3) is 3.38. The van der Waals surface area contributed by atoms with Gasteiger partial charge in [0.2, 0.25) is 12.7 Å². The van der Waals surface area contributed by atoms with Crippen LogP contribution in [0.1, 0.15) is 27.2 Å². The van der Waals surface area contributed by atoms with Gasteiger partial charge in [0.05, 0.1) is 0 Å². The van der Waals surface area contributed by atoms with Gasteiger partial charge in [-0.2, -0.15) is 0 Å². The molecule has 5 nitrogen and oxygen atoms in total. The van der Waals surface area contributed by atoms with Crippen LogP contribution in [0.15, 0.2) is 18.2 Å². The number of hydrogen-bond acceptors (Lipinski definition) is 4. The van der Waals surface area contributed by atoms with Gasteiger partial charge in [0, 0.05) is 24.2 Å². The highest BCUT2D eigenvalue weighted by Crippen LogP contribution is 2.34. The standard InChI is InChI=1S/C14H20N2O3/c1-14(2,3)12(15)7-13(17)16-9-4-5-10-11(6-9)19-8-18-10/h4-6,12H,7-8,15H2,1-3H3,(H,16,17). The largest absolute Gasteiger partial charge is 0.454 e. The number of nitrogens with one attached hydrogen (secondary N) is 1. The molecule has 1 aromatic carbocycles. The maximum atomic E-state index is 11.9. The number of carbonyl (C=O) groups is 1. The molecule has 5 heteroatoms. The fraction of sp³-hybridized carbons (Fsp3) is 0.500. The van der Waals surface area contributed by atoms with E-state index in [0.717, 1.165) is 0 Å². The zero-order chi connectivity index (χ0) is 14.0. The minimum absolute atomic E-state index is 0.0910. The van der Waals surface area contributed by atoms with Crippen molar-refractivity contribution in [1.29, 1.82) is 0 Å². The average molecular weight is 264 g/mol. The lowest BCUT2D eigenvalue weighted by Gasteiger charge is -2.26. The summed E-state index contributed by atoms with van der Waals surface area (Å²) in [7, 11) is 0. The minimum Gasteiger partial charge on any atom is -0.454 e. The Hall–Kier alpha value is -1.75. The van der Waals surface area contributed by atoms with Gasteiger partial charge in [0.15, 0.2) is 11.5 Å². The molecule has 1 aliphatic heterocycles. The number of rotatable bonds is 3. The third-order valence-corrected chi connectivity index (χ3v) is 3.17. The number of benzene rings is 1. The summed E-state index contributed by atoms with van der Waals surface area (Å²) in [6.45, 7) is 6.28. The second kappa shape index (κ2) is 5.09. The highest BCUT2D eigenvalue weighted by Gasteiger charge is 2.23. The number of fused-ring (bicyclic) bond motifs is 1. The fourth-order valence-electron chi connectivity index (χ4n) is 1.69. The molecule has 3 N–H and O–H groups in total. The lowest BCUT2D eigenvalue weighted by atomic mass is 9.85. The van der Waals surface area contributed by atoms with Crippen molar-refractivity contribution in [3.63, 3.8) is 0 Å². The Morgan fingerprint density at radius 3 is 2.74 bits per heavy atom. The summed E-state index contributed by atoms with van der Waals surface area (Å²) in [6.07, 6.45) is 0.290. The van der Waals surface area contributed by atoms with Gasteiger partial charge < -0.3 is 20.5 Å². The van der Waals surface area contributed by atoms with E-state index in [-0.39, 0.29) is 30.6 Å². The minimum atomic E-state index is -0.179. The normalized spacial score (nSPS) is 15.2. The molecule has 2 rings (SSSR count). The number of nitrogens with two attached hydrogens (primary N) is 1. The molecule has 0 radical (unpaired) electrons. The van der Waals surface area contributed by atoms with Gasteiger partial charge >= 0.3 is 0 Å². The second-order valence-corrected chi connectivity index (χ2v) is 5.79. The predicted octanol–water partition coefficient (Wildman–Crippen LogP) is 2.12. The van der Waals surface area contributed by atoms with Crippen LogP contribution < -0.4 is 20.5 Å². The van der Waals surface area contributed by atoms with Crippen LogP contribution >= 0.6 is 0 Å². The first kappa shape index (κ1) is 13.7. The van der Waals surface area contributed by atoms with Crippen LogP contribution in [-0.4, -0.2) is 18.7 Å². The Labute approximate surface area is 113 Å². The third-order valence-electron chi connectivity index (χ3n) is 3.17. The van der Waals surface area contributed by atoms with Gasteiger partial charge in [-0.1, -0.05) is 20.8 Å². The summed E-state index contributed by atoms with van der Waals surface area (Å²) < 4.78 is 10.5. The van der Waals surface area contributed by atoms with E-state index < -0.39 is 0 Å². The van der Waals surface area contributed by atoms with Crippen molar-refractivity contribution in [3.05, 3.63) is 18.2 Å². The quantitative estimate of drug-likeness (QED) is 0.877. The molecule has 0 bridgehead atoms. The van der Waals surface area contributed by atoms with E-state index in [1.54, 1.807) is 18.2 Å². The van der Waals surface area contributed by atoms with E-state index in [2.05, 4.69) is 5.32 Å². The molecule has 1 amide bonds. The Morgan fingerprint density at radius 2 is 2.05 bits per heavy atom. The van der Waals surface area contributed by atoms with Gasteiger partial charge in [0.25, 0.3) is 0 Å². The van der Waals surface area contributed by atoms with E-state index in [1.165, 1.54) is 0 Å². The zero-order valence-electron chi connectivity index (χ0n) is 11.5. The van der Waals surface area contributed by atoms with E-state index in [9.17, 15) is 4.79 Å². The van der Waals surface area contributed by atoms with Crippen LogP contribution in [0.5, 0.6) is 11.5 Å². The second-order valence-electron chi connectivity index (χ2n) is 5.79. The highest BCUT2D eigenvalue weighted by molar-refractivity contribution is 5.91. The lowest BCUT2D eigenvalue weighted by molar-refractivity contribution is -0.117. The smallest absolute Gasteiger partial charge is 0.231 e. The SMILES string of the molecule is CC(C)(C)C(N)CC(=O)Nc1ccc2c(c1)OCO2. The average Bonchev–Trinajstić information content (AvgIpc) is 2.74. The van der Waals surface area contributed by atoms with Crippen molar-refractivity contribution in [2.24, 2.45) is 11.1 Å². The molecule has 1 aliphatic rings. The molecular formula is C14H20N2O3. The van der Waals surface area contributed by atoms with Gasteiger partial charge in [-0.05, 0) is 17.5 Å². The Morgan fingerprint density at radius 1 is 1.37 bits per heavy atom. The van der Waals surface area contributed by atoms with Crippen molar-refractivity contribution in [2.75, 3.05) is 12.1 Å². The van der Waals surface area contributed by atoms with Gasteiger partial charge in [-0.25, -0.2) is 0 Å². The summed E-state index contributed by atoms with van der Waals surface area (Å²) in [6, 6.07) is 5.14. The molecule has 0 spiro atoms. The topological polar surface area (TPSA) is 73.6 Å². The summed E-state index contributed by atoms with van der Waals surface area (Å²) in [4.78, 5) is 11.9. The van der Waals surface area contributed by atoms with Crippen LogP contribution in [0.2, 0.25) is 0 Å². The van der Waals surface area contributed by atoms with Crippen molar-refractivity contribution < 1.29 is 14.3 Å². The number of carbonyl (C=O) groups excluding carboxylic acids is 1. The van der Waals surface area contributed by atoms with Crippen molar-refractivity contribution in [3.8, 4) is 11.5 Å². The number of anilines is 1. The van der Waals surface area contributed by atoms with Crippen molar-refractivity contribution in [2.45, 2.75) is 33.2 Å². The predicted molar refractivity (Wildman–Crippen MR) is 73.2 cm³/mol. The molecule has 0 saturated carbocycles. The molecule has 1 unspecified atom stereocenters. The first-order chi connectivity index (χ1) is 8.86. The summed E-state index contributed by atoms with van der Waals surface area (Å²) in [5, 5.41) is 2.82. The maximum Gasteiger partial charge on any atom is 0.231 e. The van der Waals surface area contributed by atoms with Crippen LogP contribution in [0, 0.1) is 5.41 Å². The van der Waals surface area contributed by atoms with Gasteiger partial charge in [0.1, 0.15) is 0 Å². The van der Waals surface area contributed by atoms with Crippen LogP contribution in [0.25, 0.3) is 0 Å². The van der Waals surface area contributed by atoms with E-state index in [4.69, 9.17) is 15.2 Å². The molecule has 0 aliphatic carbocycles. The Balaban J connectivity index is 1.96. The molecular weight excluding hydrogens is 244 g/mol. The Bertz CT molecular complexity index is 480. The van der Waals surface area contributed by atoms with E-state index in [1.807, 2.05) is 20.8 Å². The summed E-state index contributed by atoms with van der Waals surface area (Å²) in [5.74, 6) is 1.25. The summed E-state index contributed by atoms with van der Waals surface area (Å²) >= 11 is 0. The molecule has 0 saturated heterocycles. The monoisotopic (exact) mass is 264 g/mol. The maximum absolute atomic E-state index is 11.9. The highest BCUT2D eigenvalue weighted by atomic mass is 16.7.